The summed E-state index contributed by atoms with van der Waals surface area (Å²) in [6.07, 6.45) is 0.542. The zero-order chi connectivity index (χ0) is 24.8. The van der Waals surface area contributed by atoms with Gasteiger partial charge in [-0.05, 0) is 61.5 Å². The van der Waals surface area contributed by atoms with E-state index in [1.165, 1.54) is 12.1 Å². The highest BCUT2D eigenvalue weighted by atomic mass is 19.1. The van der Waals surface area contributed by atoms with Crippen molar-refractivity contribution < 1.29 is 18.7 Å². The number of rotatable bonds is 8. The van der Waals surface area contributed by atoms with Gasteiger partial charge in [0.2, 0.25) is 0 Å². The third-order valence-electron chi connectivity index (χ3n) is 6.19. The van der Waals surface area contributed by atoms with E-state index in [0.717, 1.165) is 37.3 Å². The highest BCUT2D eigenvalue weighted by Crippen LogP contribution is 2.34. The Hall–Kier alpha value is -3.65. The molecule has 1 aliphatic rings. The maximum Gasteiger partial charge on any atom is 0.255 e. The predicted molar refractivity (Wildman–Crippen MR) is 135 cm³/mol. The van der Waals surface area contributed by atoms with Gasteiger partial charge < -0.3 is 24.6 Å². The molecule has 4 rings (SSSR count). The smallest absolute Gasteiger partial charge is 0.255 e. The van der Waals surface area contributed by atoms with Crippen LogP contribution in [0.5, 0.6) is 11.5 Å². The third kappa shape index (κ3) is 5.89. The van der Waals surface area contributed by atoms with Gasteiger partial charge in [-0.15, -0.1) is 0 Å². The lowest BCUT2D eigenvalue weighted by Crippen LogP contribution is -2.45. The first-order chi connectivity index (χ1) is 17.0. The lowest BCUT2D eigenvalue weighted by atomic mass is 10.1. The molecule has 184 valence electrons. The van der Waals surface area contributed by atoms with Gasteiger partial charge in [0.1, 0.15) is 23.1 Å². The first-order valence-corrected chi connectivity index (χ1v) is 11.7. The molecule has 1 N–H and O–H groups in total. The van der Waals surface area contributed by atoms with E-state index in [9.17, 15) is 9.18 Å². The number of ether oxygens (including phenoxy) is 2. The van der Waals surface area contributed by atoms with Crippen LogP contribution in [0, 0.1) is 5.82 Å². The number of benzene rings is 2. The molecule has 2 aromatic carbocycles. The number of amides is 1. The van der Waals surface area contributed by atoms with Crippen LogP contribution in [0.2, 0.25) is 0 Å². The van der Waals surface area contributed by atoms with Crippen molar-refractivity contribution in [3.8, 4) is 22.8 Å². The van der Waals surface area contributed by atoms with E-state index in [0.29, 0.717) is 41.5 Å². The van der Waals surface area contributed by atoms with Gasteiger partial charge in [0.15, 0.2) is 0 Å². The number of hydrogen-bond acceptors (Lipinski definition) is 6. The molecule has 1 fully saturated rings. The molecule has 8 heteroatoms. The van der Waals surface area contributed by atoms with Crippen LogP contribution in [0.4, 0.5) is 10.2 Å². The molecule has 0 unspecified atom stereocenters. The van der Waals surface area contributed by atoms with Crippen molar-refractivity contribution in [1.29, 1.82) is 0 Å². The zero-order valence-electron chi connectivity index (χ0n) is 20.4. The van der Waals surface area contributed by atoms with Gasteiger partial charge in [0, 0.05) is 38.3 Å². The summed E-state index contributed by atoms with van der Waals surface area (Å²) in [6.45, 7) is 3.71. The number of likely N-dealkylation sites (N-methyl/N-ethyl adjacent to an activating group) is 1. The average molecular weight is 479 g/mol. The second kappa shape index (κ2) is 11.2. The van der Waals surface area contributed by atoms with E-state index < -0.39 is 0 Å². The molecule has 3 aromatic rings. The molecule has 1 aromatic heterocycles. The molecule has 7 nitrogen and oxygen atoms in total. The van der Waals surface area contributed by atoms with E-state index in [1.54, 1.807) is 20.3 Å². The second-order valence-corrected chi connectivity index (χ2v) is 8.56. The number of nitrogens with one attached hydrogen (secondary N) is 1. The van der Waals surface area contributed by atoms with Crippen molar-refractivity contribution in [1.82, 2.24) is 15.2 Å². The first kappa shape index (κ1) is 24.5. The summed E-state index contributed by atoms with van der Waals surface area (Å²) in [5, 5.41) is 2.97. The monoisotopic (exact) mass is 478 g/mol. The van der Waals surface area contributed by atoms with E-state index in [4.69, 9.17) is 14.5 Å². The van der Waals surface area contributed by atoms with Crippen LogP contribution in [0.15, 0.2) is 54.6 Å². The molecule has 0 spiro atoms. The zero-order valence-corrected chi connectivity index (χ0v) is 20.4. The molecule has 0 aliphatic carbocycles. The quantitative estimate of drug-likeness (QED) is 0.534. The number of piperazine rings is 1. The standard InChI is InChI=1S/C27H31FN4O3/c1-31-13-15-32(16-14-31)26-22(27(33)29-12-11-19-5-4-6-20(28)17-19)8-9-24(30-26)23-18-21(34-2)7-10-25(23)35-3/h4-10,17-18H,11-16H2,1-3H3,(H,29,33). The van der Waals surface area contributed by atoms with Crippen molar-refractivity contribution >= 4 is 11.7 Å². The Balaban J connectivity index is 1.62. The number of methoxy groups -OCH3 is 2. The lowest BCUT2D eigenvalue weighted by Gasteiger charge is -2.34. The fourth-order valence-electron chi connectivity index (χ4n) is 4.16. The van der Waals surface area contributed by atoms with Crippen molar-refractivity contribution in [3.05, 3.63) is 71.5 Å². The molecular formula is C27H31FN4O3. The van der Waals surface area contributed by atoms with Gasteiger partial charge in [-0.2, -0.15) is 0 Å². The molecule has 1 aliphatic heterocycles. The van der Waals surface area contributed by atoms with Crippen LogP contribution in [-0.2, 0) is 6.42 Å². The highest BCUT2D eigenvalue weighted by Gasteiger charge is 2.23. The van der Waals surface area contributed by atoms with Crippen molar-refractivity contribution in [3.63, 3.8) is 0 Å². The minimum absolute atomic E-state index is 0.202. The molecule has 0 saturated carbocycles. The Kier molecular flexibility index (Phi) is 7.82. The van der Waals surface area contributed by atoms with Gasteiger partial charge in [0.05, 0.1) is 25.5 Å². The van der Waals surface area contributed by atoms with E-state index >= 15 is 0 Å². The topological polar surface area (TPSA) is 66.9 Å². The summed E-state index contributed by atoms with van der Waals surface area (Å²) in [7, 11) is 5.32. The Morgan fingerprint density at radius 3 is 2.54 bits per heavy atom. The van der Waals surface area contributed by atoms with E-state index in [2.05, 4.69) is 22.2 Å². The van der Waals surface area contributed by atoms with Gasteiger partial charge in [-0.25, -0.2) is 9.37 Å². The third-order valence-corrected chi connectivity index (χ3v) is 6.19. The number of halogens is 1. The summed E-state index contributed by atoms with van der Waals surface area (Å²) in [5.74, 6) is 1.53. The number of aromatic nitrogens is 1. The van der Waals surface area contributed by atoms with Crippen molar-refractivity contribution in [2.24, 2.45) is 0 Å². The molecule has 1 saturated heterocycles. The highest BCUT2D eigenvalue weighted by molar-refractivity contribution is 5.99. The van der Waals surface area contributed by atoms with E-state index in [1.807, 2.05) is 36.4 Å². The summed E-state index contributed by atoms with van der Waals surface area (Å²) in [4.78, 5) is 22.5. The second-order valence-electron chi connectivity index (χ2n) is 8.56. The van der Waals surface area contributed by atoms with Gasteiger partial charge in [-0.1, -0.05) is 12.1 Å². The Morgan fingerprint density at radius 2 is 1.83 bits per heavy atom. The normalized spacial score (nSPS) is 14.0. The van der Waals surface area contributed by atoms with Crippen molar-refractivity contribution in [2.75, 3.05) is 58.9 Å². The Bertz CT molecular complexity index is 1180. The minimum Gasteiger partial charge on any atom is -0.497 e. The first-order valence-electron chi connectivity index (χ1n) is 11.7. The molecule has 0 bridgehead atoms. The van der Waals surface area contributed by atoms with Crippen LogP contribution < -0.4 is 19.7 Å². The van der Waals surface area contributed by atoms with Crippen LogP contribution in [0.3, 0.4) is 0 Å². The summed E-state index contributed by atoms with van der Waals surface area (Å²) < 4.78 is 24.4. The van der Waals surface area contributed by atoms with Crippen LogP contribution in [0.1, 0.15) is 15.9 Å². The minimum atomic E-state index is -0.279. The predicted octanol–water partition coefficient (Wildman–Crippen LogP) is 3.63. The number of pyridine rings is 1. The summed E-state index contributed by atoms with van der Waals surface area (Å²) >= 11 is 0. The average Bonchev–Trinajstić information content (AvgIpc) is 2.88. The molecular weight excluding hydrogens is 447 g/mol. The largest absolute Gasteiger partial charge is 0.497 e. The molecule has 0 atom stereocenters. The Labute approximate surface area is 205 Å². The molecule has 0 radical (unpaired) electrons. The SMILES string of the molecule is COc1ccc(OC)c(-c2ccc(C(=O)NCCc3cccc(F)c3)c(N3CCN(C)CC3)n2)c1. The lowest BCUT2D eigenvalue weighted by molar-refractivity contribution is 0.0954. The van der Waals surface area contributed by atoms with Crippen LogP contribution in [0.25, 0.3) is 11.3 Å². The summed E-state index contributed by atoms with van der Waals surface area (Å²) in [6, 6.07) is 15.6. The van der Waals surface area contributed by atoms with Gasteiger partial charge >= 0.3 is 0 Å². The number of anilines is 1. The number of nitrogens with zero attached hydrogens (tertiary/aromatic N) is 3. The van der Waals surface area contributed by atoms with Gasteiger partial charge in [0.25, 0.3) is 5.91 Å². The molecule has 35 heavy (non-hydrogen) atoms. The summed E-state index contributed by atoms with van der Waals surface area (Å²) in [5.41, 5.74) is 2.84. The van der Waals surface area contributed by atoms with Crippen LogP contribution in [-0.4, -0.2) is 69.8 Å². The maximum absolute atomic E-state index is 13.5. The molecule has 1 amide bonds. The number of carbonyl (C=O) groups excluding carboxylic acids is 1. The van der Waals surface area contributed by atoms with Crippen molar-refractivity contribution in [2.45, 2.75) is 6.42 Å². The van der Waals surface area contributed by atoms with E-state index in [-0.39, 0.29) is 11.7 Å². The fraction of sp³-hybridized carbons (Fsp3) is 0.333. The number of carbonyl (C=O) groups is 1. The van der Waals surface area contributed by atoms with Crippen LogP contribution >= 0.6 is 0 Å². The Morgan fingerprint density at radius 1 is 1.03 bits per heavy atom. The maximum atomic E-state index is 13.5. The fourth-order valence-corrected chi connectivity index (χ4v) is 4.16. The van der Waals surface area contributed by atoms with Gasteiger partial charge in [-0.3, -0.25) is 4.79 Å². The molecule has 2 heterocycles. The number of hydrogen-bond donors (Lipinski definition) is 1.